The minimum absolute atomic E-state index is 0.254. The zero-order valence-electron chi connectivity index (χ0n) is 17.0. The number of rotatable bonds is 9. The summed E-state index contributed by atoms with van der Waals surface area (Å²) >= 11 is 0. The summed E-state index contributed by atoms with van der Waals surface area (Å²) in [6.45, 7) is 0. The molecular formula is C19H14F2N4O7S2. The molecule has 34 heavy (non-hydrogen) atoms. The summed E-state index contributed by atoms with van der Waals surface area (Å²) in [6.07, 6.45) is 0. The van der Waals surface area contributed by atoms with E-state index in [1.807, 2.05) is 9.44 Å². The second-order valence-electron chi connectivity index (χ2n) is 6.53. The molecule has 0 unspecified atom stereocenters. The Hall–Kier alpha value is -3.98. The third-order valence-corrected chi connectivity index (χ3v) is 7.08. The summed E-state index contributed by atoms with van der Waals surface area (Å²) in [7, 11) is -8.11. The maximum atomic E-state index is 14.1. The largest absolute Gasteiger partial charge is 0.495 e. The van der Waals surface area contributed by atoms with Crippen molar-refractivity contribution in [3.63, 3.8) is 0 Å². The number of halogens is 2. The molecule has 3 aromatic carbocycles. The molecular weight excluding hydrogens is 498 g/mol. The van der Waals surface area contributed by atoms with Crippen LogP contribution in [0, 0.1) is 21.4 Å². The lowest BCUT2D eigenvalue weighted by molar-refractivity contribution is 0.402. The Balaban J connectivity index is 2.05. The standard InChI is InChI=1S/C19H14F2N4O7S2/c1-32-18-7-4-13(33(28,29)24-16-8-11(22-26)2-5-14(16)20)10-19(18)34(30,31)25-17-9-12(23-27)3-6-15(17)21/h2-10,24-25H,1H3. The highest BCUT2D eigenvalue weighted by atomic mass is 32.2. The Morgan fingerprint density at radius 1 is 0.735 bits per heavy atom. The highest BCUT2D eigenvalue weighted by Crippen LogP contribution is 2.32. The van der Waals surface area contributed by atoms with Gasteiger partial charge in [-0.3, -0.25) is 9.44 Å². The van der Waals surface area contributed by atoms with Gasteiger partial charge < -0.3 is 4.74 Å². The molecule has 0 aliphatic heterocycles. The van der Waals surface area contributed by atoms with E-state index >= 15 is 0 Å². The molecule has 178 valence electrons. The fraction of sp³-hybridized carbons (Fsp3) is 0.0526. The maximum Gasteiger partial charge on any atom is 0.265 e. The van der Waals surface area contributed by atoms with E-state index in [0.717, 1.165) is 55.6 Å². The van der Waals surface area contributed by atoms with Crippen LogP contribution in [-0.4, -0.2) is 23.9 Å². The van der Waals surface area contributed by atoms with E-state index in [1.165, 1.54) is 0 Å². The second kappa shape index (κ2) is 9.48. The topological polar surface area (TPSA) is 160 Å². The van der Waals surface area contributed by atoms with Crippen molar-refractivity contribution in [3.8, 4) is 5.75 Å². The normalized spacial score (nSPS) is 11.5. The van der Waals surface area contributed by atoms with E-state index < -0.39 is 52.8 Å². The first-order chi connectivity index (χ1) is 16.0. The number of sulfonamides is 2. The molecule has 2 N–H and O–H groups in total. The number of methoxy groups -OCH3 is 1. The van der Waals surface area contributed by atoms with Gasteiger partial charge in [-0.2, -0.15) is 0 Å². The highest BCUT2D eigenvalue weighted by molar-refractivity contribution is 7.93. The first-order valence-corrected chi connectivity index (χ1v) is 12.0. The average Bonchev–Trinajstić information content (AvgIpc) is 2.81. The van der Waals surface area contributed by atoms with Crippen LogP contribution in [0.15, 0.2) is 74.7 Å². The Morgan fingerprint density at radius 3 is 1.71 bits per heavy atom. The number of nitrogens with one attached hydrogen (secondary N) is 2. The van der Waals surface area contributed by atoms with Gasteiger partial charge in [0.15, 0.2) is 0 Å². The summed E-state index contributed by atoms with van der Waals surface area (Å²) in [6, 6.07) is 8.06. The second-order valence-corrected chi connectivity index (χ2v) is 9.87. The SMILES string of the molecule is COc1ccc(S(=O)(=O)Nc2cc(N=O)ccc2F)cc1S(=O)(=O)Nc1cc(N=O)ccc1F. The summed E-state index contributed by atoms with van der Waals surface area (Å²) in [5.41, 5.74) is -1.74. The molecule has 0 heterocycles. The third-order valence-electron chi connectivity index (χ3n) is 4.33. The van der Waals surface area contributed by atoms with Crippen LogP contribution in [0.25, 0.3) is 0 Å². The summed E-state index contributed by atoms with van der Waals surface area (Å²) in [5.74, 6) is -2.34. The fourth-order valence-corrected chi connectivity index (χ4v) is 5.15. The molecule has 0 fully saturated rings. The van der Waals surface area contributed by atoms with Gasteiger partial charge in [0.2, 0.25) is 0 Å². The van der Waals surface area contributed by atoms with Crippen molar-refractivity contribution < 1.29 is 30.4 Å². The van der Waals surface area contributed by atoms with Gasteiger partial charge in [-0.1, -0.05) is 0 Å². The summed E-state index contributed by atoms with van der Waals surface area (Å²) < 4.78 is 88.3. The van der Waals surface area contributed by atoms with Crippen molar-refractivity contribution >= 4 is 42.8 Å². The van der Waals surface area contributed by atoms with Gasteiger partial charge in [-0.25, -0.2) is 25.6 Å². The minimum atomic E-state index is -4.66. The van der Waals surface area contributed by atoms with Crippen LogP contribution in [-0.2, 0) is 20.0 Å². The number of benzene rings is 3. The molecule has 0 aliphatic rings. The van der Waals surface area contributed by atoms with Crippen molar-refractivity contribution in [2.24, 2.45) is 10.4 Å². The van der Waals surface area contributed by atoms with E-state index in [4.69, 9.17) is 4.74 Å². The molecule has 3 rings (SSSR count). The van der Waals surface area contributed by atoms with Crippen molar-refractivity contribution in [2.75, 3.05) is 16.6 Å². The molecule has 0 bridgehead atoms. The lowest BCUT2D eigenvalue weighted by atomic mass is 10.3. The van der Waals surface area contributed by atoms with E-state index in [-0.39, 0.29) is 17.1 Å². The highest BCUT2D eigenvalue weighted by Gasteiger charge is 2.26. The smallest absolute Gasteiger partial charge is 0.265 e. The van der Waals surface area contributed by atoms with E-state index in [0.29, 0.717) is 6.07 Å². The van der Waals surface area contributed by atoms with Gasteiger partial charge in [0.25, 0.3) is 20.0 Å². The summed E-state index contributed by atoms with van der Waals surface area (Å²) in [5, 5.41) is 5.18. The molecule has 11 nitrogen and oxygen atoms in total. The van der Waals surface area contributed by atoms with E-state index in [1.54, 1.807) is 0 Å². The number of hydrogen-bond acceptors (Lipinski definition) is 9. The lowest BCUT2D eigenvalue weighted by Gasteiger charge is -2.15. The quantitative estimate of drug-likeness (QED) is 0.402. The fourth-order valence-electron chi connectivity index (χ4n) is 2.73. The average molecular weight is 512 g/mol. The summed E-state index contributed by atoms with van der Waals surface area (Å²) in [4.78, 5) is 20.0. The molecule has 0 spiro atoms. The van der Waals surface area contributed by atoms with Gasteiger partial charge in [0.05, 0.1) is 23.4 Å². The molecule has 0 saturated carbocycles. The van der Waals surface area contributed by atoms with Crippen molar-refractivity contribution in [1.29, 1.82) is 0 Å². The van der Waals surface area contributed by atoms with Crippen molar-refractivity contribution in [3.05, 3.63) is 76.0 Å². The number of hydrogen-bond donors (Lipinski definition) is 2. The Labute approximate surface area is 191 Å². The third kappa shape index (κ3) is 5.15. The number of nitrogens with zero attached hydrogens (tertiary/aromatic N) is 2. The van der Waals surface area contributed by atoms with Crippen LogP contribution in [0.5, 0.6) is 5.75 Å². The van der Waals surface area contributed by atoms with Gasteiger partial charge in [0.1, 0.15) is 33.7 Å². The van der Waals surface area contributed by atoms with Gasteiger partial charge in [0, 0.05) is 0 Å². The maximum absolute atomic E-state index is 14.1. The van der Waals surface area contributed by atoms with Crippen LogP contribution >= 0.6 is 0 Å². The van der Waals surface area contributed by atoms with Crippen LogP contribution in [0.3, 0.4) is 0 Å². The minimum Gasteiger partial charge on any atom is -0.495 e. The van der Waals surface area contributed by atoms with Crippen LogP contribution < -0.4 is 14.2 Å². The molecule has 0 radical (unpaired) electrons. The van der Waals surface area contributed by atoms with Crippen molar-refractivity contribution in [1.82, 2.24) is 0 Å². The molecule has 0 atom stereocenters. The molecule has 0 amide bonds. The first-order valence-electron chi connectivity index (χ1n) is 9.00. The van der Waals surface area contributed by atoms with Gasteiger partial charge in [-0.05, 0) is 65.0 Å². The predicted molar refractivity (Wildman–Crippen MR) is 118 cm³/mol. The Bertz CT molecular complexity index is 1500. The number of anilines is 2. The first kappa shape index (κ1) is 24.7. The van der Waals surface area contributed by atoms with Gasteiger partial charge >= 0.3 is 0 Å². The Morgan fingerprint density at radius 2 is 1.24 bits per heavy atom. The lowest BCUT2D eigenvalue weighted by Crippen LogP contribution is -2.18. The molecule has 0 aromatic heterocycles. The molecule has 0 saturated heterocycles. The molecule has 0 aliphatic carbocycles. The van der Waals surface area contributed by atoms with Crippen LogP contribution in [0.2, 0.25) is 0 Å². The molecule has 15 heteroatoms. The Kier molecular flexibility index (Phi) is 6.88. The monoisotopic (exact) mass is 512 g/mol. The van der Waals surface area contributed by atoms with Crippen LogP contribution in [0.1, 0.15) is 0 Å². The number of nitroso groups, excluding NO2 is 2. The molecule has 3 aromatic rings. The van der Waals surface area contributed by atoms with Gasteiger partial charge in [-0.15, -0.1) is 9.81 Å². The van der Waals surface area contributed by atoms with E-state index in [9.17, 15) is 35.4 Å². The number of ether oxygens (including phenoxy) is 1. The van der Waals surface area contributed by atoms with Crippen LogP contribution in [0.4, 0.5) is 31.5 Å². The van der Waals surface area contributed by atoms with E-state index in [2.05, 4.69) is 10.4 Å². The predicted octanol–water partition coefficient (Wildman–Crippen LogP) is 4.37. The van der Waals surface area contributed by atoms with Crippen molar-refractivity contribution in [2.45, 2.75) is 9.79 Å². The zero-order chi connectivity index (χ0) is 25.1. The zero-order valence-corrected chi connectivity index (χ0v) is 18.7.